The molecule has 1 aromatic rings. The molecule has 2 amide bonds. The van der Waals surface area contributed by atoms with Gasteiger partial charge >= 0.3 is 5.97 Å². The second-order valence-corrected chi connectivity index (χ2v) is 8.12. The Morgan fingerprint density at radius 1 is 1.04 bits per heavy atom. The molecular formula is C16H15Br2NO4. The normalized spacial score (nSPS) is 30.3. The van der Waals surface area contributed by atoms with E-state index in [1.165, 1.54) is 12.0 Å². The molecule has 1 aliphatic heterocycles. The highest BCUT2D eigenvalue weighted by molar-refractivity contribution is 9.12. The summed E-state index contributed by atoms with van der Waals surface area (Å²) < 4.78 is 4.65. The van der Waals surface area contributed by atoms with Crippen LogP contribution in [0.4, 0.5) is 5.69 Å². The number of benzene rings is 1. The summed E-state index contributed by atoms with van der Waals surface area (Å²) in [5, 5.41) is 0. The fourth-order valence-electron chi connectivity index (χ4n) is 3.21. The number of rotatable bonds is 2. The second-order valence-electron chi connectivity index (χ2n) is 5.77. The Morgan fingerprint density at radius 2 is 1.52 bits per heavy atom. The first kappa shape index (κ1) is 16.6. The Bertz CT molecular complexity index is 633. The van der Waals surface area contributed by atoms with Gasteiger partial charge in [-0.05, 0) is 37.1 Å². The van der Waals surface area contributed by atoms with E-state index in [0.717, 1.165) is 0 Å². The van der Waals surface area contributed by atoms with Gasteiger partial charge in [0.2, 0.25) is 11.8 Å². The number of methoxy groups -OCH3 is 1. The minimum Gasteiger partial charge on any atom is -0.465 e. The second kappa shape index (κ2) is 6.36. The third-order valence-electron chi connectivity index (χ3n) is 4.46. The van der Waals surface area contributed by atoms with Crippen molar-refractivity contribution < 1.29 is 19.1 Å². The van der Waals surface area contributed by atoms with Gasteiger partial charge in [0.1, 0.15) is 0 Å². The Morgan fingerprint density at radius 3 is 1.96 bits per heavy atom. The summed E-state index contributed by atoms with van der Waals surface area (Å²) in [6.07, 6.45) is 1.28. The molecule has 2 aliphatic rings. The van der Waals surface area contributed by atoms with Crippen molar-refractivity contribution in [2.45, 2.75) is 22.5 Å². The molecule has 122 valence electrons. The minimum atomic E-state index is -0.450. The van der Waals surface area contributed by atoms with Crippen LogP contribution in [-0.4, -0.2) is 34.5 Å². The highest BCUT2D eigenvalue weighted by atomic mass is 79.9. The molecule has 1 heterocycles. The Balaban J connectivity index is 1.87. The van der Waals surface area contributed by atoms with Gasteiger partial charge in [0.05, 0.1) is 30.2 Å². The van der Waals surface area contributed by atoms with Crippen LogP contribution in [0.25, 0.3) is 0 Å². The van der Waals surface area contributed by atoms with E-state index in [4.69, 9.17) is 0 Å². The van der Waals surface area contributed by atoms with E-state index >= 15 is 0 Å². The number of alkyl halides is 2. The predicted molar refractivity (Wildman–Crippen MR) is 91.9 cm³/mol. The van der Waals surface area contributed by atoms with Gasteiger partial charge in [-0.15, -0.1) is 0 Å². The van der Waals surface area contributed by atoms with E-state index in [1.54, 1.807) is 24.3 Å². The number of imide groups is 1. The highest BCUT2D eigenvalue weighted by Crippen LogP contribution is 2.44. The van der Waals surface area contributed by atoms with Crippen LogP contribution in [0.2, 0.25) is 0 Å². The van der Waals surface area contributed by atoms with E-state index in [1.807, 2.05) is 0 Å². The lowest BCUT2D eigenvalue weighted by Crippen LogP contribution is -2.34. The molecule has 0 aromatic heterocycles. The van der Waals surface area contributed by atoms with Gasteiger partial charge in [0.25, 0.3) is 0 Å². The molecule has 0 bridgehead atoms. The quantitative estimate of drug-likeness (QED) is 0.399. The first-order valence-corrected chi connectivity index (χ1v) is 9.11. The van der Waals surface area contributed by atoms with E-state index < -0.39 is 5.97 Å². The lowest BCUT2D eigenvalue weighted by atomic mass is 9.81. The van der Waals surface area contributed by atoms with Gasteiger partial charge in [-0.2, -0.15) is 0 Å². The van der Waals surface area contributed by atoms with Gasteiger partial charge in [-0.25, -0.2) is 4.79 Å². The van der Waals surface area contributed by atoms with Crippen molar-refractivity contribution >= 4 is 55.3 Å². The molecule has 5 nitrogen and oxygen atoms in total. The Labute approximate surface area is 150 Å². The molecule has 7 heteroatoms. The van der Waals surface area contributed by atoms with Crippen molar-refractivity contribution in [1.82, 2.24) is 0 Å². The average Bonchev–Trinajstić information content (AvgIpc) is 2.78. The zero-order valence-corrected chi connectivity index (χ0v) is 15.5. The summed E-state index contributed by atoms with van der Waals surface area (Å²) in [5.74, 6) is -1.32. The van der Waals surface area contributed by atoms with Gasteiger partial charge < -0.3 is 4.74 Å². The summed E-state index contributed by atoms with van der Waals surface area (Å²) in [4.78, 5) is 38.4. The average molecular weight is 445 g/mol. The van der Waals surface area contributed by atoms with Crippen molar-refractivity contribution in [3.05, 3.63) is 29.8 Å². The fourth-order valence-corrected chi connectivity index (χ4v) is 4.45. The standard InChI is InChI=1S/C16H15Br2NO4/c1-23-16(22)8-2-4-9(5-3-8)19-14(20)10-6-12(17)13(18)7-11(10)15(19)21/h2-5,10-13H,6-7H2,1H3/t10-,11+,12+,13-. The van der Waals surface area contributed by atoms with Crippen LogP contribution >= 0.6 is 31.9 Å². The van der Waals surface area contributed by atoms with Crippen LogP contribution in [0.1, 0.15) is 23.2 Å². The number of esters is 1. The lowest BCUT2D eigenvalue weighted by Gasteiger charge is -2.29. The van der Waals surface area contributed by atoms with Crippen LogP contribution in [0, 0.1) is 11.8 Å². The number of anilines is 1. The van der Waals surface area contributed by atoms with E-state index in [-0.39, 0.29) is 33.3 Å². The first-order chi connectivity index (χ1) is 10.9. The van der Waals surface area contributed by atoms with E-state index in [2.05, 4.69) is 36.6 Å². The number of carbonyl (C=O) groups is 3. The van der Waals surface area contributed by atoms with Crippen LogP contribution in [0.15, 0.2) is 24.3 Å². The molecule has 4 atom stereocenters. The van der Waals surface area contributed by atoms with Crippen LogP contribution < -0.4 is 4.90 Å². The predicted octanol–water partition coefficient (Wildman–Crippen LogP) is 2.90. The highest BCUT2D eigenvalue weighted by Gasteiger charge is 2.52. The maximum atomic E-state index is 12.7. The fraction of sp³-hybridized carbons (Fsp3) is 0.438. The first-order valence-electron chi connectivity index (χ1n) is 7.28. The summed E-state index contributed by atoms with van der Waals surface area (Å²) in [6, 6.07) is 6.34. The number of amides is 2. The molecule has 0 N–H and O–H groups in total. The molecule has 0 unspecified atom stereocenters. The summed E-state index contributed by atoms with van der Waals surface area (Å²) >= 11 is 7.13. The van der Waals surface area contributed by atoms with E-state index in [9.17, 15) is 14.4 Å². The number of carbonyl (C=O) groups excluding carboxylic acids is 3. The van der Waals surface area contributed by atoms with Gasteiger partial charge in [-0.3, -0.25) is 14.5 Å². The van der Waals surface area contributed by atoms with Crippen molar-refractivity contribution in [3.63, 3.8) is 0 Å². The molecule has 0 radical (unpaired) electrons. The number of nitrogens with zero attached hydrogens (tertiary/aromatic N) is 1. The Kier molecular flexibility index (Phi) is 4.60. The maximum Gasteiger partial charge on any atom is 0.337 e. The summed E-state index contributed by atoms with van der Waals surface area (Å²) in [7, 11) is 1.31. The molecule has 23 heavy (non-hydrogen) atoms. The van der Waals surface area contributed by atoms with E-state index in [0.29, 0.717) is 24.1 Å². The van der Waals surface area contributed by atoms with Crippen LogP contribution in [0.5, 0.6) is 0 Å². The SMILES string of the molecule is COC(=O)c1ccc(N2C(=O)[C@H]3C[C@@H](Br)[C@@H](Br)C[C@H]3C2=O)cc1. The third-order valence-corrected chi connectivity index (χ3v) is 7.19. The number of hydrogen-bond donors (Lipinski definition) is 0. The number of ether oxygens (including phenoxy) is 1. The largest absolute Gasteiger partial charge is 0.465 e. The number of fused-ring (bicyclic) bond motifs is 1. The molecule has 2 fully saturated rings. The van der Waals surface area contributed by atoms with Gasteiger partial charge in [-0.1, -0.05) is 31.9 Å². The summed E-state index contributed by atoms with van der Waals surface area (Å²) in [5.41, 5.74) is 0.883. The molecule has 0 spiro atoms. The van der Waals surface area contributed by atoms with Crippen LogP contribution in [-0.2, 0) is 14.3 Å². The number of hydrogen-bond acceptors (Lipinski definition) is 4. The topological polar surface area (TPSA) is 63.7 Å². The van der Waals surface area contributed by atoms with Gasteiger partial charge in [0, 0.05) is 9.65 Å². The van der Waals surface area contributed by atoms with Crippen molar-refractivity contribution in [2.24, 2.45) is 11.8 Å². The zero-order chi connectivity index (χ0) is 16.7. The molecule has 3 rings (SSSR count). The van der Waals surface area contributed by atoms with Crippen molar-refractivity contribution in [2.75, 3.05) is 12.0 Å². The smallest absolute Gasteiger partial charge is 0.337 e. The Hall–Kier alpha value is -1.21. The maximum absolute atomic E-state index is 12.7. The summed E-state index contributed by atoms with van der Waals surface area (Å²) in [6.45, 7) is 0. The minimum absolute atomic E-state index is 0.158. The zero-order valence-electron chi connectivity index (χ0n) is 12.4. The molecule has 1 saturated carbocycles. The lowest BCUT2D eigenvalue weighted by molar-refractivity contribution is -0.122. The van der Waals surface area contributed by atoms with Gasteiger partial charge in [0.15, 0.2) is 0 Å². The molecule has 1 aliphatic carbocycles. The monoisotopic (exact) mass is 443 g/mol. The van der Waals surface area contributed by atoms with Crippen molar-refractivity contribution in [3.8, 4) is 0 Å². The third kappa shape index (κ3) is 2.85. The van der Waals surface area contributed by atoms with Crippen LogP contribution in [0.3, 0.4) is 0 Å². The molecular weight excluding hydrogens is 430 g/mol. The number of halogens is 2. The van der Waals surface area contributed by atoms with Crippen molar-refractivity contribution in [1.29, 1.82) is 0 Å². The molecule has 1 saturated heterocycles. The molecule has 1 aromatic carbocycles.